The zero-order chi connectivity index (χ0) is 28.7. The van der Waals surface area contributed by atoms with Crippen molar-refractivity contribution in [2.75, 3.05) is 52.3 Å². The minimum atomic E-state index is -0.141. The Kier molecular flexibility index (Phi) is 10.3. The smallest absolute Gasteiger partial charge is 0.217 e. The molecule has 0 unspecified atom stereocenters. The third-order valence-electron chi connectivity index (χ3n) is 8.05. The Morgan fingerprint density at radius 1 is 1.20 bits per heavy atom. The molecule has 3 fully saturated rings. The number of benzene rings is 1. The summed E-state index contributed by atoms with van der Waals surface area (Å²) in [5.41, 5.74) is 4.07. The topological polar surface area (TPSA) is 111 Å². The molecule has 1 aromatic carbocycles. The first-order valence-corrected chi connectivity index (χ1v) is 14.4. The van der Waals surface area contributed by atoms with Gasteiger partial charge in [-0.25, -0.2) is 4.98 Å². The van der Waals surface area contributed by atoms with Crippen LogP contribution in [-0.2, 0) is 16.0 Å². The molecule has 218 valence electrons. The number of aliphatic hydroxyl groups excluding tert-OH is 1. The number of hydrogen-bond donors (Lipinski definition) is 3. The van der Waals surface area contributed by atoms with Crippen LogP contribution in [0, 0.1) is 5.41 Å². The molecular weight excluding hydrogens is 506 g/mol. The van der Waals surface area contributed by atoms with Gasteiger partial charge >= 0.3 is 0 Å². The molecule has 2 aliphatic heterocycles. The van der Waals surface area contributed by atoms with Crippen molar-refractivity contribution < 1.29 is 19.4 Å². The first kappa shape index (κ1) is 30.1. The SMILES string of the molecule is CC(C)OC(=N)c1c(-c2ccc(CN3CCN(C)CC34COC4)cc2)cc(C=O)nc1NC1CCCCC1.CO. The highest BCUT2D eigenvalue weighted by molar-refractivity contribution is 6.04. The van der Waals surface area contributed by atoms with Crippen molar-refractivity contribution in [2.45, 2.75) is 70.2 Å². The summed E-state index contributed by atoms with van der Waals surface area (Å²) in [7, 11) is 3.18. The van der Waals surface area contributed by atoms with E-state index in [4.69, 9.17) is 20.0 Å². The summed E-state index contributed by atoms with van der Waals surface area (Å²) in [5.74, 6) is 0.641. The van der Waals surface area contributed by atoms with E-state index in [0.29, 0.717) is 17.1 Å². The number of anilines is 1. The monoisotopic (exact) mass is 551 g/mol. The molecule has 0 radical (unpaired) electrons. The van der Waals surface area contributed by atoms with Gasteiger partial charge in [-0.1, -0.05) is 43.5 Å². The highest BCUT2D eigenvalue weighted by Gasteiger charge is 2.46. The zero-order valence-electron chi connectivity index (χ0n) is 24.4. The molecule has 9 nitrogen and oxygen atoms in total. The maximum atomic E-state index is 11.9. The number of likely N-dealkylation sites (N-methyl/N-ethyl adjacent to an activating group) is 1. The summed E-state index contributed by atoms with van der Waals surface area (Å²) in [6.07, 6.45) is 6.37. The van der Waals surface area contributed by atoms with Crippen LogP contribution < -0.4 is 5.32 Å². The number of aromatic nitrogens is 1. The van der Waals surface area contributed by atoms with E-state index < -0.39 is 0 Å². The Bertz CT molecular complexity index is 1140. The summed E-state index contributed by atoms with van der Waals surface area (Å²) < 4.78 is 11.5. The number of hydrogen-bond acceptors (Lipinski definition) is 9. The lowest BCUT2D eigenvalue weighted by molar-refractivity contribution is -0.169. The average molecular weight is 552 g/mol. The Balaban J connectivity index is 0.00000181. The molecule has 1 aromatic heterocycles. The van der Waals surface area contributed by atoms with Gasteiger partial charge in [0.2, 0.25) is 5.90 Å². The van der Waals surface area contributed by atoms with E-state index in [9.17, 15) is 4.79 Å². The molecule has 9 heteroatoms. The van der Waals surface area contributed by atoms with Gasteiger partial charge in [0.05, 0.1) is 30.4 Å². The fraction of sp³-hybridized carbons (Fsp3) is 0.581. The van der Waals surface area contributed by atoms with E-state index in [1.807, 2.05) is 13.8 Å². The van der Waals surface area contributed by atoms with Crippen molar-refractivity contribution in [1.29, 1.82) is 5.41 Å². The van der Waals surface area contributed by atoms with Crippen LogP contribution in [0.4, 0.5) is 5.82 Å². The zero-order valence-corrected chi connectivity index (χ0v) is 24.4. The van der Waals surface area contributed by atoms with Gasteiger partial charge in [0, 0.05) is 44.9 Å². The lowest BCUT2D eigenvalue weighted by Gasteiger charge is -2.54. The number of rotatable bonds is 8. The Morgan fingerprint density at radius 2 is 1.90 bits per heavy atom. The number of ether oxygens (including phenoxy) is 2. The van der Waals surface area contributed by atoms with Gasteiger partial charge in [0.15, 0.2) is 6.29 Å². The summed E-state index contributed by atoms with van der Waals surface area (Å²) in [6, 6.07) is 10.6. The van der Waals surface area contributed by atoms with E-state index in [1.54, 1.807) is 6.07 Å². The van der Waals surface area contributed by atoms with Crippen LogP contribution >= 0.6 is 0 Å². The largest absolute Gasteiger partial charge is 0.475 e. The van der Waals surface area contributed by atoms with E-state index in [1.165, 1.54) is 24.8 Å². The number of aldehydes is 1. The molecule has 1 aliphatic carbocycles. The molecular formula is C31H45N5O4. The molecule has 2 saturated heterocycles. The van der Waals surface area contributed by atoms with Crippen LogP contribution in [0.15, 0.2) is 30.3 Å². The van der Waals surface area contributed by atoms with Crippen LogP contribution in [0.5, 0.6) is 0 Å². The van der Waals surface area contributed by atoms with Crippen molar-refractivity contribution >= 4 is 18.0 Å². The van der Waals surface area contributed by atoms with E-state index in [2.05, 4.69) is 51.4 Å². The lowest BCUT2D eigenvalue weighted by atomic mass is 9.91. The van der Waals surface area contributed by atoms with Crippen LogP contribution in [0.2, 0.25) is 0 Å². The number of aliphatic hydroxyl groups is 1. The van der Waals surface area contributed by atoms with Gasteiger partial charge in [-0.05, 0) is 50.9 Å². The Labute approximate surface area is 238 Å². The van der Waals surface area contributed by atoms with E-state index in [0.717, 1.165) is 76.8 Å². The number of carbonyl (C=O) groups is 1. The quantitative estimate of drug-likeness (QED) is 0.255. The van der Waals surface area contributed by atoms with Crippen LogP contribution in [0.1, 0.15) is 67.6 Å². The third kappa shape index (κ3) is 6.89. The maximum Gasteiger partial charge on any atom is 0.217 e. The first-order valence-electron chi connectivity index (χ1n) is 14.4. The van der Waals surface area contributed by atoms with Gasteiger partial charge in [-0.2, -0.15) is 0 Å². The fourth-order valence-corrected chi connectivity index (χ4v) is 6.00. The molecule has 40 heavy (non-hydrogen) atoms. The lowest BCUT2D eigenvalue weighted by Crippen LogP contribution is -2.70. The van der Waals surface area contributed by atoms with Crippen molar-refractivity contribution in [2.24, 2.45) is 0 Å². The number of carbonyl (C=O) groups excluding carboxylic acids is 1. The molecule has 0 atom stereocenters. The molecule has 0 bridgehead atoms. The maximum absolute atomic E-state index is 11.9. The molecule has 0 amide bonds. The van der Waals surface area contributed by atoms with E-state index in [-0.39, 0.29) is 23.6 Å². The summed E-state index contributed by atoms with van der Waals surface area (Å²) in [6.45, 7) is 9.42. The molecule has 3 N–H and O–H groups in total. The number of piperazine rings is 1. The Hall–Kier alpha value is -2.85. The normalized spacial score (nSPS) is 19.4. The molecule has 2 aromatic rings. The average Bonchev–Trinajstić information content (AvgIpc) is 2.94. The summed E-state index contributed by atoms with van der Waals surface area (Å²) >= 11 is 0. The van der Waals surface area contributed by atoms with Crippen LogP contribution in [0.3, 0.4) is 0 Å². The second-order valence-corrected chi connectivity index (χ2v) is 11.5. The van der Waals surface area contributed by atoms with Gasteiger partial charge in [-0.3, -0.25) is 15.1 Å². The van der Waals surface area contributed by atoms with Crippen molar-refractivity contribution in [1.82, 2.24) is 14.8 Å². The van der Waals surface area contributed by atoms with Gasteiger partial charge in [-0.15, -0.1) is 0 Å². The van der Waals surface area contributed by atoms with Gasteiger partial charge in [0.1, 0.15) is 11.5 Å². The molecule has 3 aliphatic rings. The highest BCUT2D eigenvalue weighted by Crippen LogP contribution is 2.34. The minimum absolute atomic E-state index is 0.0756. The van der Waals surface area contributed by atoms with Crippen LogP contribution in [-0.4, -0.2) is 96.8 Å². The highest BCUT2D eigenvalue weighted by atomic mass is 16.5. The van der Waals surface area contributed by atoms with Crippen molar-refractivity contribution in [3.8, 4) is 11.1 Å². The van der Waals surface area contributed by atoms with Crippen molar-refractivity contribution in [3.05, 3.63) is 47.2 Å². The van der Waals surface area contributed by atoms with E-state index >= 15 is 0 Å². The van der Waals surface area contributed by atoms with Gasteiger partial charge in [0.25, 0.3) is 0 Å². The molecule has 1 spiro atoms. The van der Waals surface area contributed by atoms with Crippen molar-refractivity contribution in [3.63, 3.8) is 0 Å². The predicted molar refractivity (Wildman–Crippen MR) is 158 cm³/mol. The second-order valence-electron chi connectivity index (χ2n) is 11.5. The minimum Gasteiger partial charge on any atom is -0.475 e. The molecule has 5 rings (SSSR count). The summed E-state index contributed by atoms with van der Waals surface area (Å²) in [4.78, 5) is 21.5. The van der Waals surface area contributed by atoms with Gasteiger partial charge < -0.3 is 24.8 Å². The van der Waals surface area contributed by atoms with Crippen LogP contribution in [0.25, 0.3) is 11.1 Å². The second kappa shape index (κ2) is 13.7. The first-order chi connectivity index (χ1) is 19.4. The third-order valence-corrected chi connectivity index (χ3v) is 8.05. The molecule has 1 saturated carbocycles. The number of pyridine rings is 1. The summed E-state index contributed by atoms with van der Waals surface area (Å²) in [5, 5.41) is 19.4. The fourth-order valence-electron chi connectivity index (χ4n) is 6.00. The Morgan fingerprint density at radius 3 is 2.50 bits per heavy atom. The number of nitrogens with zero attached hydrogens (tertiary/aromatic N) is 3. The standard InChI is InChI=1S/C30H41N5O3.CH4O/c1-21(2)38-28(31)27-26(15-25(17-36)33-29(27)32-24-7-5-4-6-8-24)23-11-9-22(10-12-23)16-35-14-13-34(3)18-30(35)19-37-20-30;1-2/h9-12,15,17,21,24,31H,4-8,13-14,16,18-20H2,1-3H3,(H,32,33);2H,1H3. The molecule has 3 heterocycles. The predicted octanol–water partition coefficient (Wildman–Crippen LogP) is 4.18. The number of nitrogens with one attached hydrogen (secondary N) is 2.